The SMILES string of the molecule is COc1cc(C=C[C@H]2C3=CC[C@@H]4C(=O)N(c5ccc(-c6nc7ccccc7o6)cc5)C(=O)[C@@H]4[C@@H]3C[C@H]3C(=O)N(Nc4ccc(F)cc4)C(=O)[C@@]23c2ccc(Cl)cc2)cc(OC)c1O. The second-order valence-electron chi connectivity index (χ2n) is 16.1. The highest BCUT2D eigenvalue weighted by Crippen LogP contribution is 2.62. The van der Waals surface area contributed by atoms with Crippen LogP contribution in [-0.4, -0.2) is 52.9 Å². The Balaban J connectivity index is 1.08. The van der Waals surface area contributed by atoms with E-state index in [0.717, 1.165) is 10.6 Å². The quantitative estimate of drug-likeness (QED) is 0.107. The average Bonchev–Trinajstić information content (AvgIpc) is 3.91. The van der Waals surface area contributed by atoms with Crippen molar-refractivity contribution in [2.75, 3.05) is 24.5 Å². The molecule has 0 radical (unpaired) electrons. The number of methoxy groups -OCH3 is 2. The highest BCUT2D eigenvalue weighted by molar-refractivity contribution is 6.30. The molecule has 3 heterocycles. The Labute approximate surface area is 365 Å². The Kier molecular flexibility index (Phi) is 9.67. The van der Waals surface area contributed by atoms with Gasteiger partial charge in [-0.2, -0.15) is 5.01 Å². The van der Waals surface area contributed by atoms with Crippen LogP contribution in [0.5, 0.6) is 17.2 Å². The van der Waals surface area contributed by atoms with Crippen LogP contribution >= 0.6 is 11.6 Å². The first-order chi connectivity index (χ1) is 30.5. The zero-order chi connectivity index (χ0) is 43.7. The number of carbonyl (C=O) groups excluding carboxylic acids is 4. The van der Waals surface area contributed by atoms with Gasteiger partial charge in [0.2, 0.25) is 23.5 Å². The van der Waals surface area contributed by atoms with Gasteiger partial charge in [-0.15, -0.1) is 0 Å². The van der Waals surface area contributed by atoms with E-state index in [-0.39, 0.29) is 36.0 Å². The van der Waals surface area contributed by atoms with Crippen molar-refractivity contribution in [2.24, 2.45) is 29.6 Å². The number of anilines is 2. The van der Waals surface area contributed by atoms with Crippen LogP contribution in [0.1, 0.15) is 24.0 Å². The van der Waals surface area contributed by atoms with Gasteiger partial charge < -0.3 is 19.0 Å². The first-order valence-electron chi connectivity index (χ1n) is 20.4. The van der Waals surface area contributed by atoms with Gasteiger partial charge in [-0.05, 0) is 115 Å². The molecule has 14 heteroatoms. The van der Waals surface area contributed by atoms with Gasteiger partial charge in [0.05, 0.1) is 48.8 Å². The van der Waals surface area contributed by atoms with Crippen molar-refractivity contribution < 1.29 is 42.6 Å². The third-order valence-electron chi connectivity index (χ3n) is 13.0. The van der Waals surface area contributed by atoms with Gasteiger partial charge in [-0.3, -0.25) is 29.5 Å². The summed E-state index contributed by atoms with van der Waals surface area (Å²) in [5.41, 5.74) is 5.89. The Morgan fingerprint density at radius 2 is 1.57 bits per heavy atom. The van der Waals surface area contributed by atoms with Crippen molar-refractivity contribution in [3.63, 3.8) is 0 Å². The van der Waals surface area contributed by atoms with Crippen molar-refractivity contribution in [1.82, 2.24) is 9.99 Å². The molecule has 1 saturated carbocycles. The first-order valence-corrected chi connectivity index (χ1v) is 20.7. The topological polar surface area (TPSA) is 152 Å². The lowest BCUT2D eigenvalue weighted by atomic mass is 9.50. The normalized spacial score (nSPS) is 24.1. The fourth-order valence-corrected chi connectivity index (χ4v) is 10.2. The van der Waals surface area contributed by atoms with Crippen LogP contribution in [0.2, 0.25) is 5.02 Å². The minimum Gasteiger partial charge on any atom is -0.502 e. The van der Waals surface area contributed by atoms with Gasteiger partial charge in [-0.25, -0.2) is 9.37 Å². The Bertz CT molecular complexity index is 2860. The molecule has 10 rings (SSSR count). The van der Waals surface area contributed by atoms with E-state index in [0.29, 0.717) is 50.1 Å². The number of imide groups is 2. The molecule has 6 atom stereocenters. The van der Waals surface area contributed by atoms with E-state index >= 15 is 4.79 Å². The van der Waals surface area contributed by atoms with Crippen molar-refractivity contribution in [3.05, 3.63) is 149 Å². The first kappa shape index (κ1) is 39.9. The molecule has 63 heavy (non-hydrogen) atoms. The fourth-order valence-electron chi connectivity index (χ4n) is 10.1. The Hall–Kier alpha value is -7.25. The second kappa shape index (κ2) is 15.3. The molecule has 4 aliphatic rings. The summed E-state index contributed by atoms with van der Waals surface area (Å²) >= 11 is 6.42. The number of amides is 4. The predicted molar refractivity (Wildman–Crippen MR) is 232 cm³/mol. The summed E-state index contributed by atoms with van der Waals surface area (Å²) in [6.07, 6.45) is 5.83. The average molecular weight is 865 g/mol. The zero-order valence-electron chi connectivity index (χ0n) is 33.8. The van der Waals surface area contributed by atoms with Gasteiger partial charge in [0.25, 0.3) is 11.8 Å². The third-order valence-corrected chi connectivity index (χ3v) is 13.2. The van der Waals surface area contributed by atoms with Crippen molar-refractivity contribution >= 4 is 63.8 Å². The molecule has 2 aliphatic carbocycles. The van der Waals surface area contributed by atoms with E-state index in [2.05, 4.69) is 10.4 Å². The number of benzene rings is 5. The molecule has 1 aromatic heterocycles. The number of hydrogen-bond acceptors (Lipinski definition) is 10. The number of phenols is 1. The maximum atomic E-state index is 15.4. The fraction of sp³-hybridized carbons (Fsp3) is 0.204. The Morgan fingerprint density at radius 1 is 0.873 bits per heavy atom. The maximum Gasteiger partial charge on any atom is 0.260 e. The van der Waals surface area contributed by atoms with Crippen LogP contribution < -0.4 is 19.8 Å². The van der Waals surface area contributed by atoms with Crippen LogP contribution in [0.4, 0.5) is 15.8 Å². The van der Waals surface area contributed by atoms with Crippen LogP contribution in [0.3, 0.4) is 0 Å². The van der Waals surface area contributed by atoms with Crippen molar-refractivity contribution in [1.29, 1.82) is 0 Å². The summed E-state index contributed by atoms with van der Waals surface area (Å²) in [5.74, 6) is -5.92. The minimum absolute atomic E-state index is 0.0660. The van der Waals surface area contributed by atoms with Gasteiger partial charge in [0.15, 0.2) is 17.1 Å². The predicted octanol–water partition coefficient (Wildman–Crippen LogP) is 8.75. The summed E-state index contributed by atoms with van der Waals surface area (Å²) in [5, 5.41) is 12.1. The summed E-state index contributed by atoms with van der Waals surface area (Å²) in [4.78, 5) is 65.4. The number of nitrogens with zero attached hydrogens (tertiary/aromatic N) is 3. The lowest BCUT2D eigenvalue weighted by Crippen LogP contribution is -2.54. The number of aromatic hydroxyl groups is 1. The highest BCUT2D eigenvalue weighted by Gasteiger charge is 2.69. The smallest absolute Gasteiger partial charge is 0.260 e. The van der Waals surface area contributed by atoms with Crippen LogP contribution in [0, 0.1) is 35.4 Å². The lowest BCUT2D eigenvalue weighted by molar-refractivity contribution is -0.139. The largest absolute Gasteiger partial charge is 0.502 e. The number of carbonyl (C=O) groups is 4. The number of rotatable bonds is 9. The summed E-state index contributed by atoms with van der Waals surface area (Å²) in [7, 11) is 2.83. The number of hydrazine groups is 1. The number of para-hydroxylation sites is 2. The van der Waals surface area contributed by atoms with Crippen LogP contribution in [0.25, 0.3) is 28.6 Å². The summed E-state index contributed by atoms with van der Waals surface area (Å²) in [6, 6.07) is 29.6. The number of ether oxygens (including phenoxy) is 2. The molecule has 5 aromatic carbocycles. The minimum atomic E-state index is -1.57. The number of allylic oxidation sites excluding steroid dienone is 3. The van der Waals surface area contributed by atoms with Gasteiger partial charge in [0, 0.05) is 16.5 Å². The highest BCUT2D eigenvalue weighted by atomic mass is 35.5. The molecule has 12 nitrogen and oxygen atoms in total. The third kappa shape index (κ3) is 6.28. The number of fused-ring (bicyclic) bond motifs is 5. The van der Waals surface area contributed by atoms with Crippen LogP contribution in [-0.2, 0) is 24.6 Å². The summed E-state index contributed by atoms with van der Waals surface area (Å²) < 4.78 is 30.8. The molecule has 3 fully saturated rings. The number of phenolic OH excluding ortho intramolecular Hbond substituents is 1. The van der Waals surface area contributed by atoms with E-state index in [4.69, 9.17) is 25.5 Å². The number of nitrogens with one attached hydrogen (secondary N) is 1. The van der Waals surface area contributed by atoms with Crippen molar-refractivity contribution in [3.8, 4) is 28.7 Å². The summed E-state index contributed by atoms with van der Waals surface area (Å²) in [6.45, 7) is 0. The standard InChI is InChI=1S/C49H38ClFN4O8/c1-61-40-23-26(24-41(62-2)43(40)56)7-22-36-33-20-21-34-42(47(59)54(45(34)57)32-18-8-27(9-19-32)44-52-38-5-3-4-6-39(38)63-44)35(33)25-37-46(58)55(53-31-16-14-30(51)15-17-31)48(60)49(36,37)28-10-12-29(50)13-11-28/h3-20,22-24,34-37,42,53,56H,21,25H2,1-2H3/t34-,35+,36-,37-,42-,49-/m0/s1. The van der Waals surface area contributed by atoms with Gasteiger partial charge in [-0.1, -0.05) is 59.7 Å². The molecule has 2 N–H and O–H groups in total. The molecular weight excluding hydrogens is 827 g/mol. The van der Waals surface area contributed by atoms with E-state index in [1.54, 1.807) is 66.7 Å². The van der Waals surface area contributed by atoms with E-state index in [1.165, 1.54) is 43.4 Å². The van der Waals surface area contributed by atoms with E-state index in [9.17, 15) is 23.9 Å². The van der Waals surface area contributed by atoms with E-state index < -0.39 is 58.5 Å². The number of aromatic nitrogens is 1. The number of halogens is 2. The molecular formula is C49H38ClFN4O8. The molecule has 4 amide bonds. The molecule has 316 valence electrons. The van der Waals surface area contributed by atoms with Gasteiger partial charge in [0.1, 0.15) is 11.3 Å². The molecule has 2 aliphatic heterocycles. The maximum absolute atomic E-state index is 15.4. The number of oxazole rings is 1. The zero-order valence-corrected chi connectivity index (χ0v) is 34.6. The molecule has 6 aromatic rings. The molecule has 2 saturated heterocycles. The molecule has 0 unspecified atom stereocenters. The van der Waals surface area contributed by atoms with Crippen molar-refractivity contribution in [2.45, 2.75) is 18.3 Å². The lowest BCUT2D eigenvalue weighted by Gasteiger charge is -2.49. The van der Waals surface area contributed by atoms with Crippen LogP contribution in [0.15, 0.2) is 131 Å². The molecule has 0 bridgehead atoms. The number of hydrogen-bond donors (Lipinski definition) is 2. The monoisotopic (exact) mass is 864 g/mol. The molecule has 0 spiro atoms. The van der Waals surface area contributed by atoms with Gasteiger partial charge >= 0.3 is 0 Å². The van der Waals surface area contributed by atoms with E-state index in [1.807, 2.05) is 36.4 Å². The Morgan fingerprint density at radius 3 is 2.25 bits per heavy atom. The second-order valence-corrected chi connectivity index (χ2v) is 16.5.